The van der Waals surface area contributed by atoms with Crippen LogP contribution < -0.4 is 5.32 Å². The van der Waals surface area contributed by atoms with Gasteiger partial charge in [0.15, 0.2) is 0 Å². The number of hydrogen-bond acceptors (Lipinski definition) is 4. The fraction of sp³-hybridized carbons (Fsp3) is 0.769. The van der Waals surface area contributed by atoms with Gasteiger partial charge in [-0.25, -0.2) is 4.79 Å². The summed E-state index contributed by atoms with van der Waals surface area (Å²) < 4.78 is 5.38. The normalized spacial score (nSPS) is 25.4. The second-order valence-electron chi connectivity index (χ2n) is 5.90. The molecule has 1 unspecified atom stereocenters. The zero-order valence-electron chi connectivity index (χ0n) is 12.3. The first-order valence-corrected chi connectivity index (χ1v) is 6.98. The molecule has 0 aromatic heterocycles. The number of carboxylic acid groups (broad SMARTS) is 1. The first-order chi connectivity index (χ1) is 9.83. The Kier molecular flexibility index (Phi) is 4.36. The molecule has 2 heterocycles. The van der Waals surface area contributed by atoms with Crippen molar-refractivity contribution in [1.29, 1.82) is 0 Å². The van der Waals surface area contributed by atoms with Gasteiger partial charge in [-0.1, -0.05) is 0 Å². The fourth-order valence-electron chi connectivity index (χ4n) is 2.68. The third-order valence-electron chi connectivity index (χ3n) is 3.82. The maximum atomic E-state index is 12.7. The number of nitrogens with zero attached hydrogens (tertiary/aromatic N) is 2. The van der Waals surface area contributed by atoms with Gasteiger partial charge >= 0.3 is 12.0 Å². The van der Waals surface area contributed by atoms with E-state index in [1.165, 1.54) is 4.90 Å². The summed E-state index contributed by atoms with van der Waals surface area (Å²) in [7, 11) is 0. The minimum Gasteiger partial charge on any atom is -0.481 e. The van der Waals surface area contributed by atoms with Crippen LogP contribution in [0.15, 0.2) is 0 Å². The molecular weight excluding hydrogens is 278 g/mol. The van der Waals surface area contributed by atoms with Gasteiger partial charge in [0.2, 0.25) is 5.91 Å². The van der Waals surface area contributed by atoms with E-state index in [-0.39, 0.29) is 12.5 Å². The topological polar surface area (TPSA) is 99.2 Å². The molecule has 2 fully saturated rings. The van der Waals surface area contributed by atoms with Crippen LogP contribution in [0.3, 0.4) is 0 Å². The van der Waals surface area contributed by atoms with Crippen molar-refractivity contribution in [1.82, 2.24) is 15.1 Å². The van der Waals surface area contributed by atoms with Crippen molar-refractivity contribution in [2.24, 2.45) is 0 Å². The molecule has 0 aromatic carbocycles. The molecule has 2 N–H and O–H groups in total. The minimum absolute atomic E-state index is 0.301. The van der Waals surface area contributed by atoms with Gasteiger partial charge < -0.3 is 25.0 Å². The number of carbonyl (C=O) groups is 3. The van der Waals surface area contributed by atoms with Gasteiger partial charge in [0.1, 0.15) is 6.04 Å². The smallest absolute Gasteiger partial charge is 0.321 e. The average molecular weight is 299 g/mol. The van der Waals surface area contributed by atoms with Crippen molar-refractivity contribution < 1.29 is 24.2 Å². The number of ether oxygens (including phenoxy) is 1. The highest BCUT2D eigenvalue weighted by Crippen LogP contribution is 2.22. The Bertz CT molecular complexity index is 451. The number of hydrogen-bond donors (Lipinski definition) is 2. The summed E-state index contributed by atoms with van der Waals surface area (Å²) >= 11 is 0. The van der Waals surface area contributed by atoms with E-state index < -0.39 is 23.5 Å². The first-order valence-electron chi connectivity index (χ1n) is 6.98. The van der Waals surface area contributed by atoms with Crippen LogP contribution in [0.25, 0.3) is 0 Å². The van der Waals surface area contributed by atoms with E-state index in [2.05, 4.69) is 5.32 Å². The molecule has 0 radical (unpaired) electrons. The molecule has 0 aliphatic carbocycles. The Morgan fingerprint density at radius 1 is 1.43 bits per heavy atom. The van der Waals surface area contributed by atoms with E-state index in [4.69, 9.17) is 9.84 Å². The molecule has 0 aromatic rings. The highest BCUT2D eigenvalue weighted by atomic mass is 16.5. The number of amides is 3. The van der Waals surface area contributed by atoms with Crippen LogP contribution >= 0.6 is 0 Å². The molecule has 21 heavy (non-hydrogen) atoms. The number of rotatable bonds is 2. The lowest BCUT2D eigenvalue weighted by Crippen LogP contribution is -2.65. The number of carboxylic acids is 1. The van der Waals surface area contributed by atoms with E-state index in [1.807, 2.05) is 13.8 Å². The average Bonchev–Trinajstić information content (AvgIpc) is 2.39. The molecular formula is C13H21N3O5. The summed E-state index contributed by atoms with van der Waals surface area (Å²) in [6.45, 7) is 5.73. The molecule has 2 aliphatic rings. The van der Waals surface area contributed by atoms with Gasteiger partial charge in [-0.2, -0.15) is 0 Å². The summed E-state index contributed by atoms with van der Waals surface area (Å²) in [5.41, 5.74) is -0.475. The molecule has 2 aliphatic heterocycles. The van der Waals surface area contributed by atoms with Gasteiger partial charge in [-0.05, 0) is 13.8 Å². The van der Waals surface area contributed by atoms with Crippen molar-refractivity contribution >= 4 is 17.9 Å². The summed E-state index contributed by atoms with van der Waals surface area (Å²) in [5, 5.41) is 11.6. The van der Waals surface area contributed by atoms with Crippen LogP contribution in [0, 0.1) is 0 Å². The van der Waals surface area contributed by atoms with Crippen LogP contribution in [-0.2, 0) is 14.3 Å². The van der Waals surface area contributed by atoms with Crippen molar-refractivity contribution in [3.63, 3.8) is 0 Å². The Morgan fingerprint density at radius 3 is 2.76 bits per heavy atom. The van der Waals surface area contributed by atoms with Crippen molar-refractivity contribution in [3.8, 4) is 0 Å². The van der Waals surface area contributed by atoms with E-state index in [0.29, 0.717) is 32.8 Å². The van der Waals surface area contributed by atoms with Crippen LogP contribution in [-0.4, -0.2) is 77.2 Å². The number of carbonyl (C=O) groups excluding carboxylic acids is 2. The SMILES string of the molecule is CC1(C)COCCN1C(=O)N1CCNC(=O)C1CC(=O)O. The van der Waals surface area contributed by atoms with Crippen molar-refractivity contribution in [3.05, 3.63) is 0 Å². The zero-order chi connectivity index (χ0) is 15.6. The Labute approximate surface area is 123 Å². The number of aliphatic carboxylic acids is 1. The third kappa shape index (κ3) is 3.26. The number of morpholine rings is 1. The zero-order valence-corrected chi connectivity index (χ0v) is 12.3. The minimum atomic E-state index is -1.10. The van der Waals surface area contributed by atoms with E-state index in [9.17, 15) is 14.4 Å². The van der Waals surface area contributed by atoms with Gasteiger partial charge in [0.25, 0.3) is 0 Å². The summed E-state index contributed by atoms with van der Waals surface area (Å²) in [6, 6.07) is -1.26. The lowest BCUT2D eigenvalue weighted by atomic mass is 10.0. The fourth-order valence-corrected chi connectivity index (χ4v) is 2.68. The Hall–Kier alpha value is -1.83. The Balaban J connectivity index is 2.18. The van der Waals surface area contributed by atoms with Crippen molar-refractivity contribution in [2.45, 2.75) is 31.8 Å². The van der Waals surface area contributed by atoms with Crippen LogP contribution in [0.2, 0.25) is 0 Å². The molecule has 8 nitrogen and oxygen atoms in total. The van der Waals surface area contributed by atoms with Crippen LogP contribution in [0.5, 0.6) is 0 Å². The lowest BCUT2D eigenvalue weighted by Gasteiger charge is -2.46. The predicted octanol–water partition coefficient (Wildman–Crippen LogP) is -0.508. The van der Waals surface area contributed by atoms with E-state index in [0.717, 1.165) is 0 Å². The molecule has 118 valence electrons. The highest BCUT2D eigenvalue weighted by Gasteiger charge is 2.41. The molecule has 0 saturated carbocycles. The molecule has 1 atom stereocenters. The number of urea groups is 1. The molecule has 3 amide bonds. The van der Waals surface area contributed by atoms with Gasteiger partial charge in [-0.3, -0.25) is 9.59 Å². The number of nitrogens with one attached hydrogen (secondary N) is 1. The Morgan fingerprint density at radius 2 is 2.14 bits per heavy atom. The predicted molar refractivity (Wildman–Crippen MR) is 72.8 cm³/mol. The summed E-state index contributed by atoms with van der Waals surface area (Å²) in [5.74, 6) is -1.51. The summed E-state index contributed by atoms with van der Waals surface area (Å²) in [6.07, 6.45) is -0.387. The second kappa shape index (κ2) is 5.88. The monoisotopic (exact) mass is 299 g/mol. The molecule has 2 saturated heterocycles. The van der Waals surface area contributed by atoms with Gasteiger partial charge in [0.05, 0.1) is 25.2 Å². The van der Waals surface area contributed by atoms with Gasteiger partial charge in [0, 0.05) is 19.6 Å². The van der Waals surface area contributed by atoms with Crippen molar-refractivity contribution in [2.75, 3.05) is 32.8 Å². The summed E-state index contributed by atoms with van der Waals surface area (Å²) in [4.78, 5) is 38.6. The lowest BCUT2D eigenvalue weighted by molar-refractivity contribution is -0.142. The van der Waals surface area contributed by atoms with Crippen LogP contribution in [0.1, 0.15) is 20.3 Å². The van der Waals surface area contributed by atoms with E-state index >= 15 is 0 Å². The maximum absolute atomic E-state index is 12.7. The molecule has 0 spiro atoms. The molecule has 2 rings (SSSR count). The molecule has 0 bridgehead atoms. The molecule has 8 heteroatoms. The first kappa shape index (κ1) is 15.6. The third-order valence-corrected chi connectivity index (χ3v) is 3.82. The largest absolute Gasteiger partial charge is 0.481 e. The standard InChI is InChI=1S/C13H21N3O5/c1-13(2)8-21-6-5-16(13)12(20)15-4-3-14-11(19)9(15)7-10(17)18/h9H,3-8H2,1-2H3,(H,14,19)(H,17,18). The quantitative estimate of drug-likeness (QED) is 0.715. The highest BCUT2D eigenvalue weighted by molar-refractivity contribution is 5.91. The maximum Gasteiger partial charge on any atom is 0.321 e. The number of piperazine rings is 1. The second-order valence-corrected chi connectivity index (χ2v) is 5.90. The van der Waals surface area contributed by atoms with Gasteiger partial charge in [-0.15, -0.1) is 0 Å². The van der Waals surface area contributed by atoms with Crippen LogP contribution in [0.4, 0.5) is 4.79 Å². The van der Waals surface area contributed by atoms with E-state index in [1.54, 1.807) is 4.90 Å².